The highest BCUT2D eigenvalue weighted by Crippen LogP contribution is 2.14. The van der Waals surface area contributed by atoms with Crippen molar-refractivity contribution in [3.63, 3.8) is 0 Å². The monoisotopic (exact) mass is 158 g/mol. The van der Waals surface area contributed by atoms with E-state index in [2.05, 4.69) is 4.74 Å². The van der Waals surface area contributed by atoms with Crippen LogP contribution in [0.1, 0.15) is 0 Å². The van der Waals surface area contributed by atoms with Crippen LogP contribution >= 0.6 is 11.3 Å². The van der Waals surface area contributed by atoms with Gasteiger partial charge in [-0.1, -0.05) is 0 Å². The smallest absolute Gasteiger partial charge is 0.337 e. The lowest BCUT2D eigenvalue weighted by Gasteiger charge is -1.95. The number of aliphatic hydroxyl groups is 1. The molecule has 0 aliphatic carbocycles. The van der Waals surface area contributed by atoms with Crippen LogP contribution in [-0.4, -0.2) is 17.7 Å². The number of thiophene rings is 1. The molecular formula is C6H6O3S. The zero-order chi connectivity index (χ0) is 7.40. The number of carbonyl (C=O) groups is 1. The van der Waals surface area contributed by atoms with Crippen molar-refractivity contribution in [3.8, 4) is 5.75 Å². The van der Waals surface area contributed by atoms with Crippen LogP contribution in [0.4, 0.5) is 0 Å². The highest BCUT2D eigenvalue weighted by Gasteiger charge is 2.00. The third-order valence-corrected chi connectivity index (χ3v) is 1.52. The van der Waals surface area contributed by atoms with Crippen LogP contribution < -0.4 is 4.74 Å². The van der Waals surface area contributed by atoms with E-state index in [1.807, 2.05) is 0 Å². The maximum Gasteiger partial charge on any atom is 0.337 e. The third-order valence-electron chi connectivity index (χ3n) is 0.856. The third kappa shape index (κ3) is 1.82. The van der Waals surface area contributed by atoms with Crippen molar-refractivity contribution in [2.75, 3.05) is 6.61 Å². The van der Waals surface area contributed by atoms with Crippen LogP contribution in [-0.2, 0) is 4.79 Å². The molecule has 0 fully saturated rings. The Morgan fingerprint density at radius 2 is 2.60 bits per heavy atom. The van der Waals surface area contributed by atoms with E-state index < -0.39 is 12.6 Å². The molecule has 0 aliphatic rings. The number of hydrogen-bond donors (Lipinski definition) is 1. The standard InChI is InChI=1S/C6H6O3S/c7-3-6(8)9-5-1-2-10-4-5/h1-2,4,7H,3H2. The van der Waals surface area contributed by atoms with Gasteiger partial charge in [0.25, 0.3) is 0 Å². The van der Waals surface area contributed by atoms with Gasteiger partial charge < -0.3 is 9.84 Å². The second-order valence-electron chi connectivity index (χ2n) is 1.59. The summed E-state index contributed by atoms with van der Waals surface area (Å²) < 4.78 is 4.62. The summed E-state index contributed by atoms with van der Waals surface area (Å²) in [5, 5.41) is 11.7. The first-order valence-electron chi connectivity index (χ1n) is 2.66. The summed E-state index contributed by atoms with van der Waals surface area (Å²) in [4.78, 5) is 10.4. The molecule has 1 aromatic heterocycles. The second-order valence-corrected chi connectivity index (χ2v) is 2.37. The van der Waals surface area contributed by atoms with Crippen molar-refractivity contribution in [3.05, 3.63) is 16.8 Å². The molecule has 0 amide bonds. The number of carbonyl (C=O) groups excluding carboxylic acids is 1. The van der Waals surface area contributed by atoms with Gasteiger partial charge in [0.1, 0.15) is 12.4 Å². The molecule has 0 bridgehead atoms. The molecule has 1 aromatic rings. The van der Waals surface area contributed by atoms with Gasteiger partial charge >= 0.3 is 5.97 Å². The summed E-state index contributed by atoms with van der Waals surface area (Å²) in [5.41, 5.74) is 0. The molecule has 10 heavy (non-hydrogen) atoms. The van der Waals surface area contributed by atoms with Crippen molar-refractivity contribution in [1.82, 2.24) is 0 Å². The molecule has 0 atom stereocenters. The van der Waals surface area contributed by atoms with Crippen LogP contribution in [0.5, 0.6) is 5.75 Å². The van der Waals surface area contributed by atoms with E-state index in [0.29, 0.717) is 5.75 Å². The van der Waals surface area contributed by atoms with Crippen LogP contribution in [0, 0.1) is 0 Å². The SMILES string of the molecule is O=C(CO)Oc1ccsc1. The predicted molar refractivity (Wildman–Crippen MR) is 37.0 cm³/mol. The van der Waals surface area contributed by atoms with Crippen molar-refractivity contribution < 1.29 is 14.6 Å². The van der Waals surface area contributed by atoms with E-state index in [9.17, 15) is 4.79 Å². The van der Waals surface area contributed by atoms with Gasteiger partial charge in [-0.25, -0.2) is 4.79 Å². The van der Waals surface area contributed by atoms with Gasteiger partial charge in [0.15, 0.2) is 0 Å². The molecular weight excluding hydrogens is 152 g/mol. The molecule has 4 heteroatoms. The number of aliphatic hydroxyl groups excluding tert-OH is 1. The van der Waals surface area contributed by atoms with E-state index in [0.717, 1.165) is 0 Å². The summed E-state index contributed by atoms with van der Waals surface area (Å²) >= 11 is 1.43. The summed E-state index contributed by atoms with van der Waals surface area (Å²) in [6.07, 6.45) is 0. The molecule has 0 spiro atoms. The van der Waals surface area contributed by atoms with Gasteiger partial charge in [0, 0.05) is 5.38 Å². The fraction of sp³-hybridized carbons (Fsp3) is 0.167. The number of rotatable bonds is 2. The summed E-state index contributed by atoms with van der Waals surface area (Å²) in [7, 11) is 0. The van der Waals surface area contributed by atoms with Gasteiger partial charge in [0.2, 0.25) is 0 Å². The Balaban J connectivity index is 2.48. The first kappa shape index (κ1) is 7.24. The lowest BCUT2D eigenvalue weighted by molar-refractivity contribution is -0.137. The zero-order valence-electron chi connectivity index (χ0n) is 5.11. The maximum atomic E-state index is 10.4. The Morgan fingerprint density at radius 1 is 1.80 bits per heavy atom. The lowest BCUT2D eigenvalue weighted by atomic mass is 10.6. The minimum absolute atomic E-state index is 0.490. The topological polar surface area (TPSA) is 46.5 Å². The predicted octanol–water partition coefficient (Wildman–Crippen LogP) is 0.646. The fourth-order valence-corrected chi connectivity index (χ4v) is 1.03. The van der Waals surface area contributed by atoms with Gasteiger partial charge in [-0.15, -0.1) is 11.3 Å². The van der Waals surface area contributed by atoms with Crippen molar-refractivity contribution in [1.29, 1.82) is 0 Å². The molecule has 54 valence electrons. The number of ether oxygens (including phenoxy) is 1. The van der Waals surface area contributed by atoms with E-state index >= 15 is 0 Å². The van der Waals surface area contributed by atoms with E-state index in [4.69, 9.17) is 5.11 Å². The molecule has 1 N–H and O–H groups in total. The summed E-state index contributed by atoms with van der Waals surface area (Å²) in [6.45, 7) is -0.574. The Bertz CT molecular complexity index is 205. The van der Waals surface area contributed by atoms with Crippen LogP contribution in [0.3, 0.4) is 0 Å². The minimum Gasteiger partial charge on any atom is -0.424 e. The summed E-state index contributed by atoms with van der Waals surface area (Å²) in [5.74, 6) is -0.137. The first-order valence-corrected chi connectivity index (χ1v) is 3.61. The molecule has 0 aromatic carbocycles. The van der Waals surface area contributed by atoms with Gasteiger partial charge in [-0.2, -0.15) is 0 Å². The number of hydrogen-bond acceptors (Lipinski definition) is 4. The average molecular weight is 158 g/mol. The Labute approximate surface area is 61.9 Å². The molecule has 1 rings (SSSR count). The largest absolute Gasteiger partial charge is 0.424 e. The Hall–Kier alpha value is -0.870. The van der Waals surface area contributed by atoms with Crippen LogP contribution in [0.2, 0.25) is 0 Å². The van der Waals surface area contributed by atoms with Crippen LogP contribution in [0.25, 0.3) is 0 Å². The van der Waals surface area contributed by atoms with E-state index in [-0.39, 0.29) is 0 Å². The Kier molecular flexibility index (Phi) is 2.42. The Morgan fingerprint density at radius 3 is 3.10 bits per heavy atom. The quantitative estimate of drug-likeness (QED) is 0.643. The van der Waals surface area contributed by atoms with E-state index in [1.165, 1.54) is 11.3 Å². The molecule has 0 aliphatic heterocycles. The fourth-order valence-electron chi connectivity index (χ4n) is 0.474. The molecule has 3 nitrogen and oxygen atoms in total. The normalized spacial score (nSPS) is 9.30. The van der Waals surface area contributed by atoms with Gasteiger partial charge in [0.05, 0.1) is 0 Å². The average Bonchev–Trinajstić information content (AvgIpc) is 2.40. The minimum atomic E-state index is -0.626. The highest BCUT2D eigenvalue weighted by atomic mass is 32.1. The van der Waals surface area contributed by atoms with Crippen molar-refractivity contribution in [2.45, 2.75) is 0 Å². The molecule has 0 radical (unpaired) electrons. The van der Waals surface area contributed by atoms with Gasteiger partial charge in [-0.05, 0) is 11.4 Å². The maximum absolute atomic E-state index is 10.4. The molecule has 0 saturated carbocycles. The molecule has 0 unspecified atom stereocenters. The molecule has 0 saturated heterocycles. The second kappa shape index (κ2) is 3.34. The first-order chi connectivity index (χ1) is 4.83. The summed E-state index contributed by atoms with van der Waals surface area (Å²) in [6, 6.07) is 1.66. The lowest BCUT2D eigenvalue weighted by Crippen LogP contribution is -2.11. The van der Waals surface area contributed by atoms with E-state index in [1.54, 1.807) is 16.8 Å². The van der Waals surface area contributed by atoms with Crippen LogP contribution in [0.15, 0.2) is 16.8 Å². The van der Waals surface area contributed by atoms with Gasteiger partial charge in [-0.3, -0.25) is 0 Å². The zero-order valence-corrected chi connectivity index (χ0v) is 5.93. The highest BCUT2D eigenvalue weighted by molar-refractivity contribution is 7.08. The van der Waals surface area contributed by atoms with Crippen molar-refractivity contribution in [2.24, 2.45) is 0 Å². The molecule has 1 heterocycles. The number of esters is 1. The van der Waals surface area contributed by atoms with Crippen molar-refractivity contribution >= 4 is 17.3 Å².